The summed E-state index contributed by atoms with van der Waals surface area (Å²) in [6, 6.07) is 5.83. The van der Waals surface area contributed by atoms with Gasteiger partial charge in [0.2, 0.25) is 0 Å². The highest BCUT2D eigenvalue weighted by molar-refractivity contribution is 5.88. The van der Waals surface area contributed by atoms with Gasteiger partial charge >= 0.3 is 6.09 Å². The zero-order valence-corrected chi connectivity index (χ0v) is 13.6. The quantitative estimate of drug-likeness (QED) is 0.791. The number of allylic oxidation sites excluding steroid dienone is 1. The van der Waals surface area contributed by atoms with E-state index in [0.717, 1.165) is 16.9 Å². The minimum absolute atomic E-state index is 0.0583. The molecule has 1 aromatic carbocycles. The van der Waals surface area contributed by atoms with Gasteiger partial charge in [0.15, 0.2) is 0 Å². The van der Waals surface area contributed by atoms with Gasteiger partial charge in [-0.2, -0.15) is 0 Å². The Morgan fingerprint density at radius 2 is 1.95 bits per heavy atom. The molecule has 2 N–H and O–H groups in total. The van der Waals surface area contributed by atoms with E-state index < -0.39 is 11.7 Å². The summed E-state index contributed by atoms with van der Waals surface area (Å²) in [5, 5.41) is 6.24. The monoisotopic (exact) mass is 288 g/mol. The summed E-state index contributed by atoms with van der Waals surface area (Å²) in [6.45, 7) is 11.9. The Morgan fingerprint density at radius 1 is 1.29 bits per heavy atom. The summed E-state index contributed by atoms with van der Waals surface area (Å²) in [7, 11) is 0. The van der Waals surface area contributed by atoms with Gasteiger partial charge < -0.3 is 10.1 Å². The van der Waals surface area contributed by atoms with Crippen molar-refractivity contribution in [2.75, 3.05) is 10.6 Å². The minimum Gasteiger partial charge on any atom is -0.444 e. The van der Waals surface area contributed by atoms with Gasteiger partial charge in [0, 0.05) is 16.9 Å². The maximum Gasteiger partial charge on any atom is 0.412 e. The Labute approximate surface area is 126 Å². The number of carbonyl (C=O) groups excluding carboxylic acids is 1. The van der Waals surface area contributed by atoms with Gasteiger partial charge in [-0.25, -0.2) is 4.79 Å². The molecule has 1 aromatic rings. The highest BCUT2D eigenvalue weighted by atomic mass is 16.6. The van der Waals surface area contributed by atoms with Crippen molar-refractivity contribution >= 4 is 23.0 Å². The second-order valence-corrected chi connectivity index (χ2v) is 7.06. The first kappa shape index (κ1) is 15.4. The van der Waals surface area contributed by atoms with Gasteiger partial charge in [-0.1, -0.05) is 6.08 Å². The van der Waals surface area contributed by atoms with E-state index in [1.807, 2.05) is 39.0 Å². The molecule has 0 aromatic heterocycles. The van der Waals surface area contributed by atoms with Crippen molar-refractivity contribution in [3.8, 4) is 0 Å². The standard InChI is InChI=1S/C17H24N2O2/c1-11-10-17(5,6)19-14-8-7-12(9-13(11)14)18-15(20)21-16(2,3)4/h7-10,19H,1-6H3,(H,18,20). The second kappa shape index (κ2) is 5.10. The molecule has 0 radical (unpaired) electrons. The van der Waals surface area contributed by atoms with E-state index in [1.54, 1.807) is 0 Å². The van der Waals surface area contributed by atoms with Gasteiger partial charge in [-0.3, -0.25) is 5.32 Å². The van der Waals surface area contributed by atoms with Gasteiger partial charge in [-0.05, 0) is 65.3 Å². The fourth-order valence-electron chi connectivity index (χ4n) is 2.48. The predicted octanol–water partition coefficient (Wildman–Crippen LogP) is 4.64. The number of ether oxygens (including phenoxy) is 1. The molecule has 1 amide bonds. The van der Waals surface area contributed by atoms with Crippen molar-refractivity contribution in [3.63, 3.8) is 0 Å². The lowest BCUT2D eigenvalue weighted by molar-refractivity contribution is 0.0636. The summed E-state index contributed by atoms with van der Waals surface area (Å²) < 4.78 is 5.27. The molecule has 1 aliphatic heterocycles. The predicted molar refractivity (Wildman–Crippen MR) is 87.7 cm³/mol. The van der Waals surface area contributed by atoms with E-state index in [1.165, 1.54) is 5.57 Å². The summed E-state index contributed by atoms with van der Waals surface area (Å²) in [6.07, 6.45) is 1.75. The van der Waals surface area contributed by atoms with Gasteiger partial charge in [-0.15, -0.1) is 0 Å². The molecule has 0 atom stereocenters. The third kappa shape index (κ3) is 4.00. The van der Waals surface area contributed by atoms with Crippen LogP contribution in [0.3, 0.4) is 0 Å². The molecule has 1 heterocycles. The number of rotatable bonds is 1. The van der Waals surface area contributed by atoms with Gasteiger partial charge in [0.1, 0.15) is 5.60 Å². The average Bonchev–Trinajstić information content (AvgIpc) is 2.26. The average molecular weight is 288 g/mol. The number of anilines is 2. The third-order valence-electron chi connectivity index (χ3n) is 3.12. The molecule has 4 heteroatoms. The van der Waals surface area contributed by atoms with Gasteiger partial charge in [0.05, 0.1) is 5.54 Å². The molecule has 0 saturated heterocycles. The van der Waals surface area contributed by atoms with Crippen LogP contribution in [0.2, 0.25) is 0 Å². The summed E-state index contributed by atoms with van der Waals surface area (Å²) in [5.74, 6) is 0. The van der Waals surface area contributed by atoms with Crippen LogP contribution in [0.15, 0.2) is 24.3 Å². The molecule has 0 unspecified atom stereocenters. The Kier molecular flexibility index (Phi) is 3.74. The Balaban J connectivity index is 2.19. The lowest BCUT2D eigenvalue weighted by atomic mass is 9.91. The third-order valence-corrected chi connectivity index (χ3v) is 3.12. The fourth-order valence-corrected chi connectivity index (χ4v) is 2.48. The van der Waals surface area contributed by atoms with E-state index in [2.05, 4.69) is 37.5 Å². The van der Waals surface area contributed by atoms with Crippen LogP contribution in [0.1, 0.15) is 47.1 Å². The Morgan fingerprint density at radius 3 is 2.57 bits per heavy atom. The van der Waals surface area contributed by atoms with Crippen LogP contribution in [0.25, 0.3) is 5.57 Å². The van der Waals surface area contributed by atoms with Crippen molar-refractivity contribution in [1.82, 2.24) is 0 Å². The van der Waals surface area contributed by atoms with E-state index in [4.69, 9.17) is 4.74 Å². The molecule has 21 heavy (non-hydrogen) atoms. The van der Waals surface area contributed by atoms with E-state index in [9.17, 15) is 4.79 Å². The van der Waals surface area contributed by atoms with E-state index >= 15 is 0 Å². The molecule has 0 aliphatic carbocycles. The molecule has 114 valence electrons. The molecule has 0 spiro atoms. The van der Waals surface area contributed by atoms with Crippen LogP contribution in [0, 0.1) is 0 Å². The maximum absolute atomic E-state index is 11.8. The number of hydrogen-bond donors (Lipinski definition) is 2. The van der Waals surface area contributed by atoms with E-state index in [-0.39, 0.29) is 5.54 Å². The lowest BCUT2D eigenvalue weighted by Gasteiger charge is -2.31. The van der Waals surface area contributed by atoms with Crippen LogP contribution in [-0.4, -0.2) is 17.2 Å². The topological polar surface area (TPSA) is 50.4 Å². The summed E-state index contributed by atoms with van der Waals surface area (Å²) >= 11 is 0. The van der Waals surface area contributed by atoms with E-state index in [0.29, 0.717) is 0 Å². The first-order valence-corrected chi connectivity index (χ1v) is 7.18. The highest BCUT2D eigenvalue weighted by Gasteiger charge is 2.23. The zero-order valence-electron chi connectivity index (χ0n) is 13.6. The van der Waals surface area contributed by atoms with Crippen molar-refractivity contribution in [1.29, 1.82) is 0 Å². The maximum atomic E-state index is 11.8. The van der Waals surface area contributed by atoms with Crippen LogP contribution in [0.5, 0.6) is 0 Å². The largest absolute Gasteiger partial charge is 0.444 e. The number of carbonyl (C=O) groups is 1. The Hall–Kier alpha value is -1.97. The smallest absolute Gasteiger partial charge is 0.412 e. The first-order chi connectivity index (χ1) is 9.56. The molecule has 0 saturated carbocycles. The molecular weight excluding hydrogens is 264 g/mol. The second-order valence-electron chi connectivity index (χ2n) is 7.06. The minimum atomic E-state index is -0.500. The van der Waals surface area contributed by atoms with Gasteiger partial charge in [0.25, 0.3) is 0 Å². The molecular formula is C17H24N2O2. The molecule has 1 aliphatic rings. The van der Waals surface area contributed by atoms with Crippen LogP contribution >= 0.6 is 0 Å². The van der Waals surface area contributed by atoms with Crippen LogP contribution < -0.4 is 10.6 Å². The number of hydrogen-bond acceptors (Lipinski definition) is 3. The molecule has 2 rings (SSSR count). The number of amides is 1. The van der Waals surface area contributed by atoms with Crippen LogP contribution in [-0.2, 0) is 4.74 Å². The highest BCUT2D eigenvalue weighted by Crippen LogP contribution is 2.35. The fraction of sp³-hybridized carbons (Fsp3) is 0.471. The van der Waals surface area contributed by atoms with Crippen LogP contribution in [0.4, 0.5) is 16.2 Å². The number of nitrogens with one attached hydrogen (secondary N) is 2. The molecule has 4 nitrogen and oxygen atoms in total. The van der Waals surface area contributed by atoms with Crippen molar-refractivity contribution < 1.29 is 9.53 Å². The van der Waals surface area contributed by atoms with Crippen molar-refractivity contribution in [2.24, 2.45) is 0 Å². The SMILES string of the molecule is CC1=CC(C)(C)Nc2ccc(NC(=O)OC(C)(C)C)cc21. The van der Waals surface area contributed by atoms with Crippen molar-refractivity contribution in [3.05, 3.63) is 29.8 Å². The zero-order chi connectivity index (χ0) is 15.8. The first-order valence-electron chi connectivity index (χ1n) is 7.18. The van der Waals surface area contributed by atoms with Crippen molar-refractivity contribution in [2.45, 2.75) is 52.7 Å². The molecule has 0 fully saturated rings. The Bertz CT molecular complexity index is 595. The summed E-state index contributed by atoms with van der Waals surface area (Å²) in [4.78, 5) is 11.8. The lowest BCUT2D eigenvalue weighted by Crippen LogP contribution is -2.31. The number of fused-ring (bicyclic) bond motifs is 1. The number of benzene rings is 1. The summed E-state index contributed by atoms with van der Waals surface area (Å²) in [5.41, 5.74) is 3.55. The molecule has 0 bridgehead atoms. The normalized spacial score (nSPS) is 16.4.